The molecule has 1 N–H and O–H groups in total. The van der Waals surface area contributed by atoms with Crippen molar-refractivity contribution in [2.24, 2.45) is 0 Å². The Kier molecular flexibility index (Phi) is 7.76. The number of rotatable bonds is 9. The van der Waals surface area contributed by atoms with Gasteiger partial charge in [-0.1, -0.05) is 43.5 Å². The highest BCUT2D eigenvalue weighted by molar-refractivity contribution is 6.30. The normalized spacial score (nSPS) is 12.4. The molecule has 0 saturated heterocycles. The first kappa shape index (κ1) is 16.2. The van der Waals surface area contributed by atoms with E-state index in [1.54, 1.807) is 6.07 Å². The predicted octanol–water partition coefficient (Wildman–Crippen LogP) is 5.27. The first-order chi connectivity index (χ1) is 9.19. The van der Waals surface area contributed by atoms with Crippen LogP contribution in [0.3, 0.4) is 0 Å². The zero-order valence-corrected chi connectivity index (χ0v) is 12.3. The highest BCUT2D eigenvalue weighted by atomic mass is 35.5. The average molecular weight is 284 g/mol. The highest BCUT2D eigenvalue weighted by Gasteiger charge is 2.11. The Balaban J connectivity index is 2.55. The molecule has 106 valence electrons. The fourth-order valence-corrected chi connectivity index (χ4v) is 2.37. The van der Waals surface area contributed by atoms with Crippen LogP contribution in [0.2, 0.25) is 5.02 Å². The van der Waals surface area contributed by atoms with E-state index < -0.39 is 0 Å². The zero-order valence-electron chi connectivity index (χ0n) is 11.6. The molecular formula is C16H23ClFN. The molecule has 1 aromatic rings. The molecule has 0 saturated carbocycles. The Labute approximate surface area is 120 Å². The zero-order chi connectivity index (χ0) is 14.1. The van der Waals surface area contributed by atoms with Crippen molar-refractivity contribution >= 4 is 11.6 Å². The van der Waals surface area contributed by atoms with E-state index in [4.69, 9.17) is 11.6 Å². The number of halogens is 2. The molecule has 1 aromatic carbocycles. The van der Waals surface area contributed by atoms with Crippen molar-refractivity contribution < 1.29 is 4.39 Å². The molecule has 0 bridgehead atoms. The molecule has 1 atom stereocenters. The predicted molar refractivity (Wildman–Crippen MR) is 81.1 cm³/mol. The first-order valence-corrected chi connectivity index (χ1v) is 7.36. The SMILES string of the molecule is C=CCCCCCC(NCC)c1ccc(F)c(Cl)c1. The third-order valence-electron chi connectivity index (χ3n) is 3.20. The van der Waals surface area contributed by atoms with Gasteiger partial charge in [0.2, 0.25) is 0 Å². The maximum absolute atomic E-state index is 13.2. The second-order valence-corrected chi connectivity index (χ2v) is 5.12. The van der Waals surface area contributed by atoms with Gasteiger partial charge in [-0.25, -0.2) is 4.39 Å². The average Bonchev–Trinajstić information content (AvgIpc) is 2.40. The Morgan fingerprint density at radius 3 is 2.79 bits per heavy atom. The van der Waals surface area contributed by atoms with Crippen molar-refractivity contribution in [1.29, 1.82) is 0 Å². The van der Waals surface area contributed by atoms with Crippen molar-refractivity contribution in [2.75, 3.05) is 6.54 Å². The molecule has 0 aromatic heterocycles. The minimum absolute atomic E-state index is 0.201. The summed E-state index contributed by atoms with van der Waals surface area (Å²) in [5, 5.41) is 3.64. The fraction of sp³-hybridized carbons (Fsp3) is 0.500. The molecule has 0 amide bonds. The lowest BCUT2D eigenvalue weighted by molar-refractivity contribution is 0.483. The van der Waals surface area contributed by atoms with Gasteiger partial charge in [-0.3, -0.25) is 0 Å². The van der Waals surface area contributed by atoms with E-state index in [1.807, 2.05) is 12.1 Å². The number of hydrogen-bond acceptors (Lipinski definition) is 1. The van der Waals surface area contributed by atoms with Crippen molar-refractivity contribution in [3.8, 4) is 0 Å². The summed E-state index contributed by atoms with van der Waals surface area (Å²) >= 11 is 5.85. The molecule has 1 rings (SSSR count). The van der Waals surface area contributed by atoms with Gasteiger partial charge in [0.05, 0.1) is 5.02 Å². The van der Waals surface area contributed by atoms with Gasteiger partial charge in [0.1, 0.15) is 5.82 Å². The highest BCUT2D eigenvalue weighted by Crippen LogP contribution is 2.24. The molecule has 0 aliphatic heterocycles. The third kappa shape index (κ3) is 5.75. The number of benzene rings is 1. The summed E-state index contributed by atoms with van der Waals surface area (Å²) < 4.78 is 13.2. The monoisotopic (exact) mass is 283 g/mol. The third-order valence-corrected chi connectivity index (χ3v) is 3.49. The molecule has 19 heavy (non-hydrogen) atoms. The van der Waals surface area contributed by atoms with Gasteiger partial charge < -0.3 is 5.32 Å². The van der Waals surface area contributed by atoms with Gasteiger partial charge in [0.15, 0.2) is 0 Å². The van der Waals surface area contributed by atoms with Gasteiger partial charge in [-0.2, -0.15) is 0 Å². The van der Waals surface area contributed by atoms with Crippen LogP contribution in [0.15, 0.2) is 30.9 Å². The van der Waals surface area contributed by atoms with Crippen LogP contribution in [0.5, 0.6) is 0 Å². The summed E-state index contributed by atoms with van der Waals surface area (Å²) in [5.41, 5.74) is 1.07. The van der Waals surface area contributed by atoms with E-state index in [-0.39, 0.29) is 16.9 Å². The van der Waals surface area contributed by atoms with E-state index in [9.17, 15) is 4.39 Å². The molecule has 0 aliphatic carbocycles. The molecule has 1 nitrogen and oxygen atoms in total. The Morgan fingerprint density at radius 2 is 2.16 bits per heavy atom. The summed E-state index contributed by atoms with van der Waals surface area (Å²) in [4.78, 5) is 0. The summed E-state index contributed by atoms with van der Waals surface area (Å²) in [6.45, 7) is 6.70. The lowest BCUT2D eigenvalue weighted by atomic mass is 10.00. The minimum Gasteiger partial charge on any atom is -0.310 e. The molecule has 0 spiro atoms. The van der Waals surface area contributed by atoms with E-state index in [1.165, 1.54) is 18.9 Å². The van der Waals surface area contributed by atoms with Gasteiger partial charge >= 0.3 is 0 Å². The minimum atomic E-state index is -0.355. The van der Waals surface area contributed by atoms with Crippen LogP contribution >= 0.6 is 11.6 Å². The van der Waals surface area contributed by atoms with E-state index in [0.29, 0.717) is 0 Å². The lowest BCUT2D eigenvalue weighted by Gasteiger charge is -2.18. The van der Waals surface area contributed by atoms with Crippen molar-refractivity contribution in [3.05, 3.63) is 47.3 Å². The van der Waals surface area contributed by atoms with Crippen LogP contribution in [0, 0.1) is 5.82 Å². The van der Waals surface area contributed by atoms with E-state index >= 15 is 0 Å². The van der Waals surface area contributed by atoms with Crippen LogP contribution in [-0.4, -0.2) is 6.54 Å². The van der Waals surface area contributed by atoms with Gasteiger partial charge in [-0.15, -0.1) is 6.58 Å². The second-order valence-electron chi connectivity index (χ2n) is 4.71. The largest absolute Gasteiger partial charge is 0.310 e. The molecule has 1 unspecified atom stereocenters. The summed E-state index contributed by atoms with van der Waals surface area (Å²) in [6, 6.07) is 5.25. The van der Waals surface area contributed by atoms with Crippen LogP contribution in [0.1, 0.15) is 50.6 Å². The molecule has 0 aliphatic rings. The maximum atomic E-state index is 13.2. The molecule has 0 fully saturated rings. The fourth-order valence-electron chi connectivity index (χ4n) is 2.18. The lowest BCUT2D eigenvalue weighted by Crippen LogP contribution is -2.20. The first-order valence-electron chi connectivity index (χ1n) is 6.98. The quantitative estimate of drug-likeness (QED) is 0.481. The van der Waals surface area contributed by atoms with Crippen LogP contribution in [0.25, 0.3) is 0 Å². The van der Waals surface area contributed by atoms with Crippen molar-refractivity contribution in [2.45, 2.75) is 45.1 Å². The Hall–Kier alpha value is -0.860. The number of allylic oxidation sites excluding steroid dienone is 1. The van der Waals surface area contributed by atoms with E-state index in [2.05, 4.69) is 18.8 Å². The molecule has 0 radical (unpaired) electrons. The molecule has 3 heteroatoms. The smallest absolute Gasteiger partial charge is 0.141 e. The standard InChI is InChI=1S/C16H23ClFN/c1-3-5-6-7-8-9-16(19-4-2)13-10-11-15(18)14(17)12-13/h3,10-12,16,19H,1,4-9H2,2H3. The van der Waals surface area contributed by atoms with Crippen molar-refractivity contribution in [1.82, 2.24) is 5.32 Å². The number of hydrogen-bond donors (Lipinski definition) is 1. The van der Waals surface area contributed by atoms with Crippen LogP contribution < -0.4 is 5.32 Å². The molecule has 0 heterocycles. The Morgan fingerprint density at radius 1 is 1.37 bits per heavy atom. The van der Waals surface area contributed by atoms with Gasteiger partial charge in [0.25, 0.3) is 0 Å². The Bertz CT molecular complexity index is 392. The maximum Gasteiger partial charge on any atom is 0.141 e. The van der Waals surface area contributed by atoms with Gasteiger partial charge in [0, 0.05) is 6.04 Å². The summed E-state index contributed by atoms with van der Waals surface area (Å²) in [5.74, 6) is -0.355. The number of nitrogens with one attached hydrogen (secondary N) is 1. The van der Waals surface area contributed by atoms with Crippen LogP contribution in [0.4, 0.5) is 4.39 Å². The topological polar surface area (TPSA) is 12.0 Å². The summed E-state index contributed by atoms with van der Waals surface area (Å²) in [6.07, 6.45) is 7.62. The van der Waals surface area contributed by atoms with Gasteiger partial charge in [-0.05, 0) is 43.5 Å². The summed E-state index contributed by atoms with van der Waals surface area (Å²) in [7, 11) is 0. The second kappa shape index (κ2) is 9.11. The molecular weight excluding hydrogens is 261 g/mol. The van der Waals surface area contributed by atoms with E-state index in [0.717, 1.165) is 31.4 Å². The number of unbranched alkanes of at least 4 members (excludes halogenated alkanes) is 3. The van der Waals surface area contributed by atoms with Crippen LogP contribution in [-0.2, 0) is 0 Å². The van der Waals surface area contributed by atoms with Crippen molar-refractivity contribution in [3.63, 3.8) is 0 Å².